The number of amides is 1. The van der Waals surface area contributed by atoms with Gasteiger partial charge in [-0.25, -0.2) is 0 Å². The van der Waals surface area contributed by atoms with E-state index in [2.05, 4.69) is 25.7 Å². The van der Waals surface area contributed by atoms with Crippen LogP contribution in [0.4, 0.5) is 17.1 Å². The van der Waals surface area contributed by atoms with Crippen molar-refractivity contribution in [1.29, 1.82) is 0 Å². The van der Waals surface area contributed by atoms with Crippen LogP contribution in [-0.4, -0.2) is 37.4 Å². The van der Waals surface area contributed by atoms with Crippen LogP contribution in [0, 0.1) is 6.92 Å². The third kappa shape index (κ3) is 5.37. The van der Waals surface area contributed by atoms with E-state index >= 15 is 0 Å². The number of anilines is 1. The molecule has 0 aliphatic heterocycles. The van der Waals surface area contributed by atoms with Gasteiger partial charge in [-0.3, -0.25) is 19.8 Å². The lowest BCUT2D eigenvalue weighted by Crippen LogP contribution is -2.05. The second-order valence-electron chi connectivity index (χ2n) is 8.18. The van der Waals surface area contributed by atoms with Crippen LogP contribution >= 0.6 is 0 Å². The van der Waals surface area contributed by atoms with E-state index < -0.39 is 5.56 Å². The molecule has 0 radical (unpaired) electrons. The number of aromatic nitrogens is 2. The van der Waals surface area contributed by atoms with Crippen molar-refractivity contribution in [3.63, 3.8) is 0 Å². The molecular weight excluding hydrogens is 474 g/mol. The van der Waals surface area contributed by atoms with E-state index in [-0.39, 0.29) is 11.6 Å². The standard InChI is InChI=1S/C27H27N5O5/c1-15-9-10-20(14-21(15)17-7-6-8-19(11-17)28-16(2)33)29-31-25-24(30-32-27(25)34)18-12-22(35-3)26(37-5)23(13-18)36-4/h6-14H,1-5H3,(H,28,33)(H2,30,32,34). The third-order valence-electron chi connectivity index (χ3n) is 5.69. The Balaban J connectivity index is 1.71. The Labute approximate surface area is 213 Å². The first-order valence-corrected chi connectivity index (χ1v) is 11.4. The van der Waals surface area contributed by atoms with Crippen molar-refractivity contribution in [2.75, 3.05) is 26.6 Å². The van der Waals surface area contributed by atoms with Gasteiger partial charge >= 0.3 is 0 Å². The quantitative estimate of drug-likeness (QED) is 0.265. The smallest absolute Gasteiger partial charge is 0.292 e. The molecule has 0 aliphatic rings. The maximum Gasteiger partial charge on any atom is 0.292 e. The van der Waals surface area contributed by atoms with E-state index in [1.54, 1.807) is 12.1 Å². The number of carbonyl (C=O) groups excluding carboxylic acids is 1. The van der Waals surface area contributed by atoms with Crippen molar-refractivity contribution in [2.45, 2.75) is 13.8 Å². The summed E-state index contributed by atoms with van der Waals surface area (Å²) in [5.41, 5.74) is 4.81. The highest BCUT2D eigenvalue weighted by Crippen LogP contribution is 2.42. The summed E-state index contributed by atoms with van der Waals surface area (Å²) in [6.07, 6.45) is 0. The molecule has 10 heteroatoms. The molecule has 4 rings (SSSR count). The largest absolute Gasteiger partial charge is 0.493 e. The number of methoxy groups -OCH3 is 3. The van der Waals surface area contributed by atoms with Crippen molar-refractivity contribution in [3.05, 3.63) is 70.5 Å². The topological polar surface area (TPSA) is 130 Å². The minimum absolute atomic E-state index is 0.101. The zero-order valence-corrected chi connectivity index (χ0v) is 21.1. The molecule has 0 saturated carbocycles. The molecule has 0 saturated heterocycles. The van der Waals surface area contributed by atoms with Crippen LogP contribution in [0.15, 0.2) is 69.6 Å². The number of hydrogen-bond acceptors (Lipinski definition) is 7. The molecular formula is C27H27N5O5. The van der Waals surface area contributed by atoms with Gasteiger partial charge < -0.3 is 19.5 Å². The second-order valence-corrected chi connectivity index (χ2v) is 8.18. The number of nitrogens with one attached hydrogen (secondary N) is 3. The maximum atomic E-state index is 12.6. The molecule has 1 heterocycles. The van der Waals surface area contributed by atoms with Crippen LogP contribution in [0.5, 0.6) is 17.2 Å². The average Bonchev–Trinajstić information content (AvgIpc) is 3.27. The third-order valence-corrected chi connectivity index (χ3v) is 5.69. The molecule has 0 atom stereocenters. The first-order chi connectivity index (χ1) is 17.8. The summed E-state index contributed by atoms with van der Waals surface area (Å²) in [5.74, 6) is 1.17. The number of rotatable bonds is 8. The molecule has 1 aromatic heterocycles. The van der Waals surface area contributed by atoms with E-state index in [0.29, 0.717) is 39.9 Å². The number of aryl methyl sites for hydroxylation is 1. The van der Waals surface area contributed by atoms with Gasteiger partial charge in [0.2, 0.25) is 11.7 Å². The van der Waals surface area contributed by atoms with Crippen LogP contribution in [0.2, 0.25) is 0 Å². The lowest BCUT2D eigenvalue weighted by Gasteiger charge is -2.13. The summed E-state index contributed by atoms with van der Waals surface area (Å²) in [4.78, 5) is 24.0. The molecule has 4 aromatic rings. The van der Waals surface area contributed by atoms with Gasteiger partial charge in [0, 0.05) is 18.2 Å². The molecule has 0 aliphatic carbocycles. The highest BCUT2D eigenvalue weighted by molar-refractivity contribution is 5.89. The summed E-state index contributed by atoms with van der Waals surface area (Å²) >= 11 is 0. The summed E-state index contributed by atoms with van der Waals surface area (Å²) in [5, 5.41) is 16.8. The minimum Gasteiger partial charge on any atom is -0.493 e. The van der Waals surface area contributed by atoms with Crippen LogP contribution in [-0.2, 0) is 4.79 Å². The van der Waals surface area contributed by atoms with Gasteiger partial charge in [0.15, 0.2) is 17.2 Å². The molecule has 3 aromatic carbocycles. The van der Waals surface area contributed by atoms with Crippen molar-refractivity contribution < 1.29 is 19.0 Å². The Hall–Kier alpha value is -4.86. The molecule has 0 bridgehead atoms. The molecule has 190 valence electrons. The van der Waals surface area contributed by atoms with Crippen molar-refractivity contribution in [1.82, 2.24) is 10.2 Å². The number of ether oxygens (including phenoxy) is 3. The predicted octanol–water partition coefficient (Wildman–Crippen LogP) is 5.75. The van der Waals surface area contributed by atoms with Gasteiger partial charge in [0.1, 0.15) is 0 Å². The Bertz CT molecular complexity index is 1510. The van der Waals surface area contributed by atoms with Gasteiger partial charge in [0.25, 0.3) is 5.56 Å². The summed E-state index contributed by atoms with van der Waals surface area (Å²) < 4.78 is 16.2. The number of nitrogens with zero attached hydrogens (tertiary/aromatic N) is 2. The van der Waals surface area contributed by atoms with E-state index in [4.69, 9.17) is 14.2 Å². The Morgan fingerprint density at radius 2 is 1.59 bits per heavy atom. The van der Waals surface area contributed by atoms with Gasteiger partial charge in [-0.05, 0) is 60.0 Å². The average molecular weight is 502 g/mol. The number of carbonyl (C=O) groups is 1. The lowest BCUT2D eigenvalue weighted by atomic mass is 9.99. The fraction of sp³-hybridized carbons (Fsp3) is 0.185. The highest BCUT2D eigenvalue weighted by Gasteiger charge is 2.18. The highest BCUT2D eigenvalue weighted by atomic mass is 16.5. The van der Waals surface area contributed by atoms with E-state index in [1.165, 1.54) is 28.3 Å². The normalized spacial score (nSPS) is 10.9. The number of H-pyrrole nitrogens is 2. The molecule has 37 heavy (non-hydrogen) atoms. The fourth-order valence-corrected chi connectivity index (χ4v) is 3.94. The Morgan fingerprint density at radius 3 is 2.24 bits per heavy atom. The fourth-order valence-electron chi connectivity index (χ4n) is 3.94. The number of aromatic amines is 2. The van der Waals surface area contributed by atoms with Gasteiger partial charge in [-0.15, -0.1) is 5.11 Å². The van der Waals surface area contributed by atoms with Crippen LogP contribution in [0.1, 0.15) is 12.5 Å². The van der Waals surface area contributed by atoms with E-state index in [1.807, 2.05) is 49.4 Å². The van der Waals surface area contributed by atoms with Crippen LogP contribution in [0.25, 0.3) is 22.4 Å². The van der Waals surface area contributed by atoms with Crippen LogP contribution < -0.4 is 25.1 Å². The van der Waals surface area contributed by atoms with Gasteiger partial charge in [-0.2, -0.15) is 5.11 Å². The first kappa shape index (κ1) is 25.2. The zero-order chi connectivity index (χ0) is 26.5. The molecule has 0 spiro atoms. The first-order valence-electron chi connectivity index (χ1n) is 11.4. The van der Waals surface area contributed by atoms with Gasteiger partial charge in [-0.1, -0.05) is 18.2 Å². The maximum absolute atomic E-state index is 12.6. The Morgan fingerprint density at radius 1 is 0.865 bits per heavy atom. The summed E-state index contributed by atoms with van der Waals surface area (Å²) in [6.45, 7) is 3.45. The van der Waals surface area contributed by atoms with Crippen molar-refractivity contribution >= 4 is 23.0 Å². The molecule has 3 N–H and O–H groups in total. The van der Waals surface area contributed by atoms with Gasteiger partial charge in [0.05, 0.1) is 32.7 Å². The number of azo groups is 1. The SMILES string of the molecule is COc1cc(-c2[nH][nH]c(=O)c2N=Nc2ccc(C)c(-c3cccc(NC(C)=O)c3)c2)cc(OC)c1OC. The molecule has 10 nitrogen and oxygen atoms in total. The molecule has 0 fully saturated rings. The monoisotopic (exact) mass is 501 g/mol. The lowest BCUT2D eigenvalue weighted by molar-refractivity contribution is -0.114. The van der Waals surface area contributed by atoms with Crippen molar-refractivity contribution in [3.8, 4) is 39.6 Å². The summed E-state index contributed by atoms with van der Waals surface area (Å²) in [7, 11) is 4.55. The van der Waals surface area contributed by atoms with Crippen molar-refractivity contribution in [2.24, 2.45) is 10.2 Å². The van der Waals surface area contributed by atoms with Crippen LogP contribution in [0.3, 0.4) is 0 Å². The number of hydrogen-bond donors (Lipinski definition) is 3. The minimum atomic E-state index is -0.428. The van der Waals surface area contributed by atoms with E-state index in [0.717, 1.165) is 16.7 Å². The molecule has 1 amide bonds. The van der Waals surface area contributed by atoms with E-state index in [9.17, 15) is 9.59 Å². The summed E-state index contributed by atoms with van der Waals surface area (Å²) in [6, 6.07) is 16.6. The molecule has 0 unspecified atom stereocenters. The predicted molar refractivity (Wildman–Crippen MR) is 142 cm³/mol. The second kappa shape index (κ2) is 10.8. The Kier molecular flexibility index (Phi) is 7.38. The zero-order valence-electron chi connectivity index (χ0n) is 21.1. The number of benzene rings is 3.